The van der Waals surface area contributed by atoms with Crippen molar-refractivity contribution in [1.82, 2.24) is 0 Å². The maximum atomic E-state index is 11.2. The van der Waals surface area contributed by atoms with Crippen LogP contribution in [0.1, 0.15) is 17.3 Å². The third kappa shape index (κ3) is 3.84. The summed E-state index contributed by atoms with van der Waals surface area (Å²) in [6, 6.07) is 4.80. The average molecular weight is 268 g/mol. The molecule has 0 spiro atoms. The van der Waals surface area contributed by atoms with Crippen molar-refractivity contribution in [2.45, 2.75) is 19.3 Å². The van der Waals surface area contributed by atoms with E-state index in [0.29, 0.717) is 17.0 Å². The van der Waals surface area contributed by atoms with Gasteiger partial charge >= 0.3 is 0 Å². The number of primary amides is 1. The molecule has 0 fully saturated rings. The van der Waals surface area contributed by atoms with Crippen molar-refractivity contribution < 1.29 is 19.0 Å². The van der Waals surface area contributed by atoms with E-state index in [0.717, 1.165) is 0 Å². The van der Waals surface area contributed by atoms with Gasteiger partial charge in [0.05, 0.1) is 18.8 Å². The molecule has 1 amide bonds. The number of methoxy groups -OCH3 is 3. The first kappa shape index (κ1) is 15.3. The lowest BCUT2D eigenvalue weighted by Crippen LogP contribution is -2.34. The van der Waals surface area contributed by atoms with Crippen molar-refractivity contribution in [3.63, 3.8) is 0 Å². The van der Waals surface area contributed by atoms with E-state index < -0.39 is 12.2 Å². The van der Waals surface area contributed by atoms with Crippen molar-refractivity contribution >= 4 is 11.6 Å². The van der Waals surface area contributed by atoms with Crippen LogP contribution in [0.15, 0.2) is 18.2 Å². The molecule has 1 aromatic carbocycles. The molecule has 0 aliphatic heterocycles. The Morgan fingerprint density at radius 2 is 1.89 bits per heavy atom. The molecule has 106 valence electrons. The molecule has 6 heteroatoms. The second-order valence-electron chi connectivity index (χ2n) is 4.05. The van der Waals surface area contributed by atoms with Crippen molar-refractivity contribution in [3.05, 3.63) is 23.8 Å². The Hall–Kier alpha value is -1.79. The number of amides is 1. The molecule has 0 heterocycles. The number of rotatable bonds is 7. The fourth-order valence-electron chi connectivity index (χ4n) is 1.79. The van der Waals surface area contributed by atoms with Crippen LogP contribution in [-0.4, -0.2) is 39.6 Å². The summed E-state index contributed by atoms with van der Waals surface area (Å²) in [6.07, 6.45) is -0.415. The first-order valence-electron chi connectivity index (χ1n) is 5.83. The number of carbonyl (C=O) groups is 1. The molecule has 0 aromatic heterocycles. The molecule has 0 saturated carbocycles. The summed E-state index contributed by atoms with van der Waals surface area (Å²) in [5.74, 6) is 0.121. The summed E-state index contributed by atoms with van der Waals surface area (Å²) in [5, 5.41) is 3.18. The smallest absolute Gasteiger partial charge is 0.248 e. The minimum Gasteiger partial charge on any atom is -0.495 e. The quantitative estimate of drug-likeness (QED) is 0.726. The van der Waals surface area contributed by atoms with Crippen LogP contribution in [0, 0.1) is 0 Å². The van der Waals surface area contributed by atoms with Crippen molar-refractivity contribution in [3.8, 4) is 5.75 Å². The zero-order valence-electron chi connectivity index (χ0n) is 11.6. The van der Waals surface area contributed by atoms with Crippen LogP contribution in [0.5, 0.6) is 5.75 Å². The number of hydrogen-bond acceptors (Lipinski definition) is 5. The molecule has 0 aliphatic carbocycles. The summed E-state index contributed by atoms with van der Waals surface area (Å²) in [5.41, 5.74) is 6.32. The van der Waals surface area contributed by atoms with Gasteiger partial charge in [0.25, 0.3) is 0 Å². The van der Waals surface area contributed by atoms with Crippen LogP contribution >= 0.6 is 0 Å². The van der Waals surface area contributed by atoms with E-state index in [1.807, 2.05) is 6.92 Å². The Morgan fingerprint density at radius 1 is 1.26 bits per heavy atom. The Morgan fingerprint density at radius 3 is 2.37 bits per heavy atom. The molecule has 1 aromatic rings. The summed E-state index contributed by atoms with van der Waals surface area (Å²) in [4.78, 5) is 11.2. The molecule has 0 aliphatic rings. The van der Waals surface area contributed by atoms with E-state index in [1.165, 1.54) is 0 Å². The maximum Gasteiger partial charge on any atom is 0.248 e. The number of hydrogen-bond donors (Lipinski definition) is 2. The lowest BCUT2D eigenvalue weighted by molar-refractivity contribution is -0.109. The summed E-state index contributed by atoms with van der Waals surface area (Å²) < 4.78 is 15.6. The molecule has 0 radical (unpaired) electrons. The van der Waals surface area contributed by atoms with Crippen LogP contribution in [0.2, 0.25) is 0 Å². The fraction of sp³-hybridized carbons (Fsp3) is 0.462. The van der Waals surface area contributed by atoms with Crippen LogP contribution in [0.25, 0.3) is 0 Å². The van der Waals surface area contributed by atoms with Gasteiger partial charge in [-0.25, -0.2) is 0 Å². The van der Waals surface area contributed by atoms with Crippen LogP contribution in [0.3, 0.4) is 0 Å². The van der Waals surface area contributed by atoms with E-state index in [2.05, 4.69) is 5.32 Å². The monoisotopic (exact) mass is 268 g/mol. The zero-order chi connectivity index (χ0) is 14.4. The number of nitrogens with two attached hydrogens (primary N) is 1. The lowest BCUT2D eigenvalue weighted by Gasteiger charge is -2.24. The first-order valence-corrected chi connectivity index (χ1v) is 5.83. The molecule has 6 nitrogen and oxygen atoms in total. The standard InChI is InChI=1S/C13H20N2O4/c1-8(13(18-3)19-4)15-10-7-9(12(14)16)5-6-11(10)17-2/h5-8,13,15H,1-4H3,(H2,14,16). The fourth-order valence-corrected chi connectivity index (χ4v) is 1.79. The highest BCUT2D eigenvalue weighted by molar-refractivity contribution is 5.94. The normalized spacial score (nSPS) is 12.3. The highest BCUT2D eigenvalue weighted by Gasteiger charge is 2.17. The van der Waals surface area contributed by atoms with E-state index >= 15 is 0 Å². The topological polar surface area (TPSA) is 82.8 Å². The van der Waals surface area contributed by atoms with Gasteiger partial charge in [-0.15, -0.1) is 0 Å². The third-order valence-corrected chi connectivity index (χ3v) is 2.74. The Balaban J connectivity index is 2.97. The van der Waals surface area contributed by atoms with Gasteiger partial charge in [-0.05, 0) is 25.1 Å². The summed E-state index contributed by atoms with van der Waals surface area (Å²) in [6.45, 7) is 1.90. The zero-order valence-corrected chi connectivity index (χ0v) is 11.6. The van der Waals surface area contributed by atoms with Gasteiger partial charge in [0, 0.05) is 19.8 Å². The minimum atomic E-state index is -0.492. The number of ether oxygens (including phenoxy) is 3. The van der Waals surface area contributed by atoms with Gasteiger partial charge in [-0.1, -0.05) is 0 Å². The van der Waals surface area contributed by atoms with Gasteiger partial charge in [-0.2, -0.15) is 0 Å². The van der Waals surface area contributed by atoms with E-state index in [4.69, 9.17) is 19.9 Å². The van der Waals surface area contributed by atoms with Gasteiger partial charge in [0.2, 0.25) is 5.91 Å². The molecular formula is C13H20N2O4. The van der Waals surface area contributed by atoms with E-state index in [1.54, 1.807) is 39.5 Å². The predicted octanol–water partition coefficient (Wildman–Crippen LogP) is 1.21. The van der Waals surface area contributed by atoms with Crippen LogP contribution < -0.4 is 15.8 Å². The second-order valence-corrected chi connectivity index (χ2v) is 4.05. The molecule has 1 unspecified atom stereocenters. The van der Waals surface area contributed by atoms with Crippen LogP contribution in [0.4, 0.5) is 5.69 Å². The lowest BCUT2D eigenvalue weighted by atomic mass is 10.1. The van der Waals surface area contributed by atoms with Gasteiger partial charge in [0.15, 0.2) is 6.29 Å². The minimum absolute atomic E-state index is 0.132. The highest BCUT2D eigenvalue weighted by atomic mass is 16.7. The summed E-state index contributed by atoms with van der Waals surface area (Å²) in [7, 11) is 4.67. The SMILES string of the molecule is COc1ccc(C(N)=O)cc1NC(C)C(OC)OC. The van der Waals surface area contributed by atoms with Crippen molar-refractivity contribution in [1.29, 1.82) is 0 Å². The van der Waals surface area contributed by atoms with E-state index in [9.17, 15) is 4.79 Å². The van der Waals surface area contributed by atoms with Gasteiger partial charge in [0.1, 0.15) is 5.75 Å². The molecule has 1 atom stereocenters. The molecule has 0 bridgehead atoms. The first-order chi connectivity index (χ1) is 9.03. The predicted molar refractivity (Wildman–Crippen MR) is 72.4 cm³/mol. The number of benzene rings is 1. The molecule has 3 N–H and O–H groups in total. The average Bonchev–Trinajstić information content (AvgIpc) is 2.39. The van der Waals surface area contributed by atoms with Gasteiger partial charge < -0.3 is 25.3 Å². The molecular weight excluding hydrogens is 248 g/mol. The maximum absolute atomic E-state index is 11.2. The summed E-state index contributed by atoms with van der Waals surface area (Å²) >= 11 is 0. The number of anilines is 1. The largest absolute Gasteiger partial charge is 0.495 e. The Kier molecular flexibility index (Phi) is 5.59. The molecule has 1 rings (SSSR count). The van der Waals surface area contributed by atoms with E-state index in [-0.39, 0.29) is 6.04 Å². The molecule has 19 heavy (non-hydrogen) atoms. The van der Waals surface area contributed by atoms with Crippen molar-refractivity contribution in [2.24, 2.45) is 5.73 Å². The third-order valence-electron chi connectivity index (χ3n) is 2.74. The molecule has 0 saturated heterocycles. The van der Waals surface area contributed by atoms with Crippen LogP contribution in [-0.2, 0) is 9.47 Å². The number of nitrogens with one attached hydrogen (secondary N) is 1. The van der Waals surface area contributed by atoms with Crippen molar-refractivity contribution in [2.75, 3.05) is 26.6 Å². The Bertz CT molecular complexity index is 433. The second kappa shape index (κ2) is 6.96. The Labute approximate surface area is 112 Å². The highest BCUT2D eigenvalue weighted by Crippen LogP contribution is 2.26. The van der Waals surface area contributed by atoms with Gasteiger partial charge in [-0.3, -0.25) is 4.79 Å². The number of carbonyl (C=O) groups excluding carboxylic acids is 1.